The van der Waals surface area contributed by atoms with Crippen LogP contribution in [0, 0.1) is 0 Å². The second kappa shape index (κ2) is 12.6. The fraction of sp³-hybridized carbons (Fsp3) is 0.517. The van der Waals surface area contributed by atoms with Crippen LogP contribution in [0.15, 0.2) is 59.3 Å². The molecule has 1 aromatic heterocycles. The van der Waals surface area contributed by atoms with Crippen molar-refractivity contribution >= 4 is 29.3 Å². The SMILES string of the molecule is C=C(/N=C1\C(=C/N)C=C(C(=O)N(C)C)N1C1CCCC1)Nc1ccc(N2CCN(C(=O)N3CCOCC3)CC2)cn1. The molecule has 1 saturated carbocycles. The largest absolute Gasteiger partial charge is 0.404 e. The van der Waals surface area contributed by atoms with E-state index in [0.717, 1.165) is 44.5 Å². The number of amides is 3. The van der Waals surface area contributed by atoms with E-state index in [2.05, 4.69) is 21.8 Å². The monoisotopic (exact) mass is 563 g/mol. The molecule has 0 spiro atoms. The van der Waals surface area contributed by atoms with Gasteiger partial charge >= 0.3 is 6.03 Å². The molecule has 3 amide bonds. The number of urea groups is 1. The molecule has 0 unspecified atom stereocenters. The first-order valence-corrected chi connectivity index (χ1v) is 14.4. The molecule has 3 fully saturated rings. The Morgan fingerprint density at radius 3 is 2.39 bits per heavy atom. The molecule has 1 aliphatic carbocycles. The standard InChI is InChI=1S/C29H41N9O3/c1-21(33-27-22(19-30)18-25(28(39)34(2)3)38(27)23-6-4-5-7-23)32-26-9-8-24(20-31-26)35-10-12-36(13-11-35)29(40)37-14-16-41-17-15-37/h8-9,18-20,23H,1,4-7,10-17,30H2,2-3H3,(H,31,32)/b22-19-,33-27+. The van der Waals surface area contributed by atoms with Gasteiger partial charge in [-0.25, -0.2) is 14.8 Å². The highest BCUT2D eigenvalue weighted by Crippen LogP contribution is 2.34. The second-order valence-corrected chi connectivity index (χ2v) is 10.9. The number of piperazine rings is 1. The topological polar surface area (TPSA) is 123 Å². The van der Waals surface area contributed by atoms with Gasteiger partial charge in [-0.2, -0.15) is 0 Å². The number of rotatable bonds is 6. The van der Waals surface area contributed by atoms with Crippen LogP contribution >= 0.6 is 0 Å². The number of carbonyl (C=O) groups is 2. The Kier molecular flexibility index (Phi) is 8.77. The van der Waals surface area contributed by atoms with Gasteiger partial charge in [-0.05, 0) is 31.1 Å². The summed E-state index contributed by atoms with van der Waals surface area (Å²) < 4.78 is 5.36. The number of aliphatic imine (C=N–C) groups is 1. The maximum Gasteiger partial charge on any atom is 0.320 e. The summed E-state index contributed by atoms with van der Waals surface area (Å²) in [6.45, 7) is 9.47. The second-order valence-electron chi connectivity index (χ2n) is 10.9. The molecule has 4 heterocycles. The van der Waals surface area contributed by atoms with E-state index in [1.54, 1.807) is 19.0 Å². The minimum Gasteiger partial charge on any atom is -0.404 e. The van der Waals surface area contributed by atoms with Gasteiger partial charge in [-0.3, -0.25) is 4.79 Å². The van der Waals surface area contributed by atoms with Crippen LogP contribution in [0.3, 0.4) is 0 Å². The van der Waals surface area contributed by atoms with E-state index >= 15 is 0 Å². The maximum atomic E-state index is 13.0. The van der Waals surface area contributed by atoms with Crippen molar-refractivity contribution in [1.29, 1.82) is 0 Å². The molecule has 3 N–H and O–H groups in total. The first kappa shape index (κ1) is 28.5. The summed E-state index contributed by atoms with van der Waals surface area (Å²) in [5.41, 5.74) is 8.24. The summed E-state index contributed by atoms with van der Waals surface area (Å²) in [5.74, 6) is 1.57. The van der Waals surface area contributed by atoms with Crippen molar-refractivity contribution in [3.63, 3.8) is 0 Å². The zero-order valence-corrected chi connectivity index (χ0v) is 24.1. The van der Waals surface area contributed by atoms with Crippen LogP contribution in [-0.4, -0.2) is 115 Å². The van der Waals surface area contributed by atoms with Crippen LogP contribution in [0.25, 0.3) is 0 Å². The van der Waals surface area contributed by atoms with Crippen LogP contribution in [0.1, 0.15) is 25.7 Å². The molecular weight excluding hydrogens is 522 g/mol. The van der Waals surface area contributed by atoms with Gasteiger partial charge in [-0.1, -0.05) is 19.4 Å². The Morgan fingerprint density at radius 1 is 1.10 bits per heavy atom. The Labute approximate surface area is 241 Å². The number of likely N-dealkylation sites (N-methyl/N-ethyl adjacent to an activating group) is 1. The molecule has 5 rings (SSSR count). The first-order valence-electron chi connectivity index (χ1n) is 14.4. The first-order chi connectivity index (χ1) is 19.9. The lowest BCUT2D eigenvalue weighted by molar-refractivity contribution is -0.126. The van der Waals surface area contributed by atoms with E-state index in [-0.39, 0.29) is 18.0 Å². The number of anilines is 2. The molecule has 0 atom stereocenters. The number of nitrogens with one attached hydrogen (secondary N) is 1. The van der Waals surface area contributed by atoms with Gasteiger partial charge in [0.25, 0.3) is 5.91 Å². The number of morpholine rings is 1. The van der Waals surface area contributed by atoms with Gasteiger partial charge in [0.15, 0.2) is 0 Å². The van der Waals surface area contributed by atoms with Gasteiger partial charge < -0.3 is 40.3 Å². The molecular formula is C29H41N9O3. The minimum absolute atomic E-state index is 0.0800. The van der Waals surface area contributed by atoms with Crippen LogP contribution in [-0.2, 0) is 9.53 Å². The molecule has 1 aromatic rings. The third kappa shape index (κ3) is 6.32. The summed E-state index contributed by atoms with van der Waals surface area (Å²) in [6.07, 6.45) is 9.35. The Balaban J connectivity index is 1.21. The number of hydrogen-bond donors (Lipinski definition) is 2. The zero-order valence-electron chi connectivity index (χ0n) is 24.1. The van der Waals surface area contributed by atoms with Crippen LogP contribution < -0.4 is 16.0 Å². The van der Waals surface area contributed by atoms with Crippen LogP contribution in [0.4, 0.5) is 16.3 Å². The van der Waals surface area contributed by atoms with E-state index < -0.39 is 0 Å². The Bertz CT molecular complexity index is 1220. The molecule has 12 nitrogen and oxygen atoms in total. The lowest BCUT2D eigenvalue weighted by atomic mass is 10.2. The average molecular weight is 564 g/mol. The van der Waals surface area contributed by atoms with Crippen molar-refractivity contribution < 1.29 is 14.3 Å². The molecule has 2 saturated heterocycles. The number of carbonyl (C=O) groups excluding carboxylic acids is 2. The van der Waals surface area contributed by atoms with E-state index in [1.807, 2.05) is 39.1 Å². The number of ether oxygens (including phenoxy) is 1. The lowest BCUT2D eigenvalue weighted by Crippen LogP contribution is -2.54. The van der Waals surface area contributed by atoms with Crippen molar-refractivity contribution in [3.05, 3.63) is 54.3 Å². The van der Waals surface area contributed by atoms with Gasteiger partial charge in [-0.15, -0.1) is 0 Å². The number of amidine groups is 1. The maximum absolute atomic E-state index is 13.0. The lowest BCUT2D eigenvalue weighted by Gasteiger charge is -2.39. The van der Waals surface area contributed by atoms with E-state index in [1.165, 1.54) is 6.20 Å². The molecule has 220 valence electrons. The zero-order chi connectivity index (χ0) is 28.9. The number of nitrogens with two attached hydrogens (primary N) is 1. The highest BCUT2D eigenvalue weighted by atomic mass is 16.5. The average Bonchev–Trinajstić information content (AvgIpc) is 3.65. The van der Waals surface area contributed by atoms with Gasteiger partial charge in [0.2, 0.25) is 0 Å². The molecule has 3 aliphatic heterocycles. The van der Waals surface area contributed by atoms with Crippen LogP contribution in [0.2, 0.25) is 0 Å². The Morgan fingerprint density at radius 2 is 1.78 bits per heavy atom. The molecule has 4 aliphatic rings. The predicted molar refractivity (Wildman–Crippen MR) is 159 cm³/mol. The van der Waals surface area contributed by atoms with Gasteiger partial charge in [0.1, 0.15) is 23.2 Å². The van der Waals surface area contributed by atoms with Crippen molar-refractivity contribution in [2.75, 3.05) is 76.8 Å². The van der Waals surface area contributed by atoms with Crippen LogP contribution in [0.5, 0.6) is 0 Å². The summed E-state index contributed by atoms with van der Waals surface area (Å²) in [4.78, 5) is 44.8. The van der Waals surface area contributed by atoms with Gasteiger partial charge in [0, 0.05) is 71.2 Å². The molecule has 0 radical (unpaired) electrons. The summed E-state index contributed by atoms with van der Waals surface area (Å²) >= 11 is 0. The molecule has 0 bridgehead atoms. The highest BCUT2D eigenvalue weighted by molar-refractivity contribution is 6.12. The molecule has 12 heteroatoms. The summed E-state index contributed by atoms with van der Waals surface area (Å²) in [5, 5.41) is 3.19. The normalized spacial score (nSPS) is 22.0. The van der Waals surface area contributed by atoms with Crippen molar-refractivity contribution in [3.8, 4) is 0 Å². The third-order valence-electron chi connectivity index (χ3n) is 7.99. The minimum atomic E-state index is -0.0800. The fourth-order valence-corrected chi connectivity index (χ4v) is 5.76. The summed E-state index contributed by atoms with van der Waals surface area (Å²) in [7, 11) is 3.50. The number of nitrogens with zero attached hydrogens (tertiary/aromatic N) is 7. The predicted octanol–water partition coefficient (Wildman–Crippen LogP) is 2.01. The van der Waals surface area contributed by atoms with E-state index in [9.17, 15) is 9.59 Å². The summed E-state index contributed by atoms with van der Waals surface area (Å²) in [6, 6.07) is 4.20. The highest BCUT2D eigenvalue weighted by Gasteiger charge is 2.37. The quantitative estimate of drug-likeness (QED) is 0.539. The smallest absolute Gasteiger partial charge is 0.320 e. The van der Waals surface area contributed by atoms with Crippen molar-refractivity contribution in [2.24, 2.45) is 10.7 Å². The van der Waals surface area contributed by atoms with E-state index in [4.69, 9.17) is 15.5 Å². The third-order valence-corrected chi connectivity index (χ3v) is 7.99. The number of hydrogen-bond acceptors (Lipinski definition) is 8. The number of pyridine rings is 1. The number of aromatic nitrogens is 1. The Hall–Kier alpha value is -4.06. The van der Waals surface area contributed by atoms with Gasteiger partial charge in [0.05, 0.1) is 25.1 Å². The molecule has 41 heavy (non-hydrogen) atoms. The van der Waals surface area contributed by atoms with Crippen molar-refractivity contribution in [2.45, 2.75) is 31.7 Å². The fourth-order valence-electron chi connectivity index (χ4n) is 5.76. The van der Waals surface area contributed by atoms with Crippen molar-refractivity contribution in [1.82, 2.24) is 24.6 Å². The van der Waals surface area contributed by atoms with E-state index in [0.29, 0.717) is 68.1 Å². The molecule has 0 aromatic carbocycles.